The number of aromatic nitrogens is 2. The molecule has 0 N–H and O–H groups in total. The van der Waals surface area contributed by atoms with E-state index in [2.05, 4.69) is 35.1 Å². The Labute approximate surface area is 151 Å². The molecular weight excluding hydrogens is 379 g/mol. The van der Waals surface area contributed by atoms with Gasteiger partial charge in [0.15, 0.2) is 11.0 Å². The van der Waals surface area contributed by atoms with E-state index in [9.17, 15) is 4.39 Å². The first kappa shape index (κ1) is 18.0. The second-order valence-corrected chi connectivity index (χ2v) is 5.88. The maximum Gasteiger partial charge on any atom is 0.254 e. The molecule has 122 valence electrons. The summed E-state index contributed by atoms with van der Waals surface area (Å²) in [5.41, 5.74) is 2.82. The Balaban J connectivity index is 0.00000192. The second-order valence-electron chi connectivity index (χ2n) is 5.47. The molecule has 0 spiro atoms. The van der Waals surface area contributed by atoms with Gasteiger partial charge >= 0.3 is 0 Å². The van der Waals surface area contributed by atoms with Crippen LogP contribution >= 0.6 is 11.6 Å². The largest absolute Gasteiger partial charge is 1.00 e. The SMILES string of the molecule is CCCn1c(C)[n+](Cc2c(F)cccc2Cl)c2ccccc21.[Br-]. The molecule has 0 aliphatic heterocycles. The van der Waals surface area contributed by atoms with E-state index in [1.54, 1.807) is 12.1 Å². The van der Waals surface area contributed by atoms with Crippen molar-refractivity contribution in [2.24, 2.45) is 0 Å². The van der Waals surface area contributed by atoms with Crippen LogP contribution in [-0.2, 0) is 13.1 Å². The zero-order chi connectivity index (χ0) is 15.7. The van der Waals surface area contributed by atoms with E-state index in [4.69, 9.17) is 11.6 Å². The molecule has 0 fully saturated rings. The Morgan fingerprint density at radius 2 is 1.87 bits per heavy atom. The average molecular weight is 398 g/mol. The van der Waals surface area contributed by atoms with Crippen LogP contribution in [0, 0.1) is 12.7 Å². The van der Waals surface area contributed by atoms with Crippen molar-refractivity contribution < 1.29 is 25.9 Å². The van der Waals surface area contributed by atoms with E-state index in [0.717, 1.165) is 24.3 Å². The fraction of sp³-hybridized carbons (Fsp3) is 0.278. The minimum atomic E-state index is -0.258. The number of hydrogen-bond donors (Lipinski definition) is 0. The van der Waals surface area contributed by atoms with Crippen LogP contribution in [0.1, 0.15) is 24.7 Å². The summed E-state index contributed by atoms with van der Waals surface area (Å²) in [6.07, 6.45) is 1.06. The summed E-state index contributed by atoms with van der Waals surface area (Å²) in [4.78, 5) is 0. The molecule has 0 unspecified atom stereocenters. The molecule has 0 atom stereocenters. The number of rotatable bonds is 4. The van der Waals surface area contributed by atoms with Crippen LogP contribution < -0.4 is 21.5 Å². The molecular formula is C18H19BrClFN2. The van der Waals surface area contributed by atoms with E-state index in [0.29, 0.717) is 17.1 Å². The average Bonchev–Trinajstić information content (AvgIpc) is 2.77. The van der Waals surface area contributed by atoms with Crippen molar-refractivity contribution in [3.63, 3.8) is 0 Å². The summed E-state index contributed by atoms with van der Waals surface area (Å²) < 4.78 is 18.5. The molecule has 2 aromatic carbocycles. The minimum absolute atomic E-state index is 0. The number of para-hydroxylation sites is 2. The van der Waals surface area contributed by atoms with Crippen molar-refractivity contribution >= 4 is 22.6 Å². The third kappa shape index (κ3) is 3.29. The highest BCUT2D eigenvalue weighted by molar-refractivity contribution is 6.31. The van der Waals surface area contributed by atoms with Gasteiger partial charge in [0.25, 0.3) is 5.82 Å². The lowest BCUT2D eigenvalue weighted by molar-refractivity contribution is -0.669. The van der Waals surface area contributed by atoms with Gasteiger partial charge in [-0.1, -0.05) is 36.7 Å². The van der Waals surface area contributed by atoms with Gasteiger partial charge in [0.2, 0.25) is 0 Å². The number of benzene rings is 2. The van der Waals surface area contributed by atoms with E-state index in [1.807, 2.05) is 12.1 Å². The van der Waals surface area contributed by atoms with E-state index < -0.39 is 0 Å². The molecule has 5 heteroatoms. The first-order valence-electron chi connectivity index (χ1n) is 7.54. The van der Waals surface area contributed by atoms with E-state index >= 15 is 0 Å². The predicted octanol–water partition coefficient (Wildman–Crippen LogP) is 1.49. The normalized spacial score (nSPS) is 10.8. The van der Waals surface area contributed by atoms with Crippen LogP contribution in [-0.4, -0.2) is 4.57 Å². The lowest BCUT2D eigenvalue weighted by Gasteiger charge is -2.05. The van der Waals surface area contributed by atoms with Gasteiger partial charge in [-0.2, -0.15) is 0 Å². The molecule has 23 heavy (non-hydrogen) atoms. The summed E-state index contributed by atoms with van der Waals surface area (Å²) >= 11 is 6.19. The van der Waals surface area contributed by atoms with Crippen molar-refractivity contribution in [2.75, 3.05) is 0 Å². The van der Waals surface area contributed by atoms with Crippen molar-refractivity contribution in [1.29, 1.82) is 0 Å². The maximum absolute atomic E-state index is 14.1. The van der Waals surface area contributed by atoms with Gasteiger partial charge in [0.1, 0.15) is 12.4 Å². The summed E-state index contributed by atoms with van der Waals surface area (Å²) in [6, 6.07) is 13.1. The minimum Gasteiger partial charge on any atom is -1.00 e. The monoisotopic (exact) mass is 396 g/mol. The number of halogens is 3. The summed E-state index contributed by atoms with van der Waals surface area (Å²) in [7, 11) is 0. The highest BCUT2D eigenvalue weighted by Crippen LogP contribution is 2.21. The van der Waals surface area contributed by atoms with Crippen molar-refractivity contribution in [2.45, 2.75) is 33.4 Å². The Kier molecular flexibility index (Phi) is 5.82. The second kappa shape index (κ2) is 7.45. The van der Waals surface area contributed by atoms with Crippen LogP contribution in [0.3, 0.4) is 0 Å². The molecule has 0 saturated carbocycles. The number of aryl methyl sites for hydroxylation is 1. The zero-order valence-electron chi connectivity index (χ0n) is 13.2. The zero-order valence-corrected chi connectivity index (χ0v) is 15.5. The first-order valence-corrected chi connectivity index (χ1v) is 7.91. The van der Waals surface area contributed by atoms with Crippen LogP contribution in [0.4, 0.5) is 4.39 Å². The van der Waals surface area contributed by atoms with Crippen LogP contribution in [0.25, 0.3) is 11.0 Å². The van der Waals surface area contributed by atoms with Crippen LogP contribution in [0.15, 0.2) is 42.5 Å². The van der Waals surface area contributed by atoms with Crippen LogP contribution in [0.2, 0.25) is 5.02 Å². The highest BCUT2D eigenvalue weighted by Gasteiger charge is 2.22. The molecule has 0 aliphatic carbocycles. The molecule has 0 amide bonds. The molecule has 0 radical (unpaired) electrons. The topological polar surface area (TPSA) is 8.81 Å². The molecule has 0 aliphatic rings. The van der Waals surface area contributed by atoms with E-state index in [1.165, 1.54) is 11.6 Å². The highest BCUT2D eigenvalue weighted by atomic mass is 79.9. The summed E-state index contributed by atoms with van der Waals surface area (Å²) in [6.45, 7) is 5.62. The lowest BCUT2D eigenvalue weighted by atomic mass is 10.2. The van der Waals surface area contributed by atoms with Gasteiger partial charge in [0, 0.05) is 12.5 Å². The predicted molar refractivity (Wildman–Crippen MR) is 87.7 cm³/mol. The third-order valence-electron chi connectivity index (χ3n) is 4.07. The first-order chi connectivity index (χ1) is 10.6. The maximum atomic E-state index is 14.1. The fourth-order valence-electron chi connectivity index (χ4n) is 2.96. The molecule has 0 saturated heterocycles. The van der Waals surface area contributed by atoms with Crippen molar-refractivity contribution in [1.82, 2.24) is 4.57 Å². The standard InChI is InChI=1S/C18H19ClFN2.BrH/c1-3-11-21-13(2)22(18-10-5-4-9-17(18)21)12-14-15(19)7-6-8-16(14)20;/h4-10H,3,11-12H2,1-2H3;1H/q+1;/p-1. The van der Waals surface area contributed by atoms with Crippen molar-refractivity contribution in [3.05, 3.63) is 64.7 Å². The van der Waals surface area contributed by atoms with Gasteiger partial charge < -0.3 is 17.0 Å². The molecule has 0 bridgehead atoms. The fourth-order valence-corrected chi connectivity index (χ4v) is 3.18. The third-order valence-corrected chi connectivity index (χ3v) is 4.42. The van der Waals surface area contributed by atoms with Gasteiger partial charge in [-0.25, -0.2) is 13.5 Å². The van der Waals surface area contributed by atoms with Crippen LogP contribution in [0.5, 0.6) is 0 Å². The number of imidazole rings is 1. The number of nitrogens with zero attached hydrogens (tertiary/aromatic N) is 2. The molecule has 1 heterocycles. The lowest BCUT2D eigenvalue weighted by Crippen LogP contribution is -3.00. The molecule has 1 aromatic heterocycles. The number of fused-ring (bicyclic) bond motifs is 1. The summed E-state index contributed by atoms with van der Waals surface area (Å²) in [5.74, 6) is 0.856. The smallest absolute Gasteiger partial charge is 0.254 e. The molecule has 2 nitrogen and oxygen atoms in total. The van der Waals surface area contributed by atoms with Gasteiger partial charge in [-0.3, -0.25) is 0 Å². The quantitative estimate of drug-likeness (QED) is 0.590. The Morgan fingerprint density at radius 3 is 2.57 bits per heavy atom. The summed E-state index contributed by atoms with van der Waals surface area (Å²) in [5, 5.41) is 0.472. The van der Waals surface area contributed by atoms with Crippen molar-refractivity contribution in [3.8, 4) is 0 Å². The Bertz CT molecular complexity index is 809. The molecule has 3 aromatic rings. The molecule has 3 rings (SSSR count). The van der Waals surface area contributed by atoms with Gasteiger partial charge in [-0.15, -0.1) is 0 Å². The van der Waals surface area contributed by atoms with Gasteiger partial charge in [-0.05, 0) is 30.7 Å². The van der Waals surface area contributed by atoms with E-state index in [-0.39, 0.29) is 22.8 Å². The number of hydrogen-bond acceptors (Lipinski definition) is 0. The Morgan fingerprint density at radius 1 is 1.13 bits per heavy atom. The van der Waals surface area contributed by atoms with Gasteiger partial charge in [0.05, 0.1) is 11.6 Å². The Hall–Kier alpha value is -1.39.